The van der Waals surface area contributed by atoms with Crippen LogP contribution in [0.1, 0.15) is 25.3 Å². The third-order valence-corrected chi connectivity index (χ3v) is 3.37. The first-order valence-electron chi connectivity index (χ1n) is 6.64. The molecule has 4 nitrogen and oxygen atoms in total. The molecule has 1 aliphatic heterocycles. The van der Waals surface area contributed by atoms with E-state index in [1.54, 1.807) is 6.07 Å². The van der Waals surface area contributed by atoms with Gasteiger partial charge in [-0.15, -0.1) is 0 Å². The second kappa shape index (κ2) is 7.75. The fourth-order valence-corrected chi connectivity index (χ4v) is 2.03. The van der Waals surface area contributed by atoms with E-state index in [9.17, 15) is 4.79 Å². The molecule has 0 saturated heterocycles. The number of halogens is 1. The Morgan fingerprint density at radius 3 is 2.95 bits per heavy atom. The molecule has 21 heavy (non-hydrogen) atoms. The van der Waals surface area contributed by atoms with Crippen LogP contribution in [0.3, 0.4) is 0 Å². The zero-order valence-electron chi connectivity index (χ0n) is 11.6. The molecule has 0 unspecified atom stereocenters. The number of ether oxygens (including phenoxy) is 3. The van der Waals surface area contributed by atoms with E-state index in [1.165, 1.54) is 12.2 Å². The van der Waals surface area contributed by atoms with Gasteiger partial charge in [0.15, 0.2) is 11.5 Å². The highest BCUT2D eigenvalue weighted by Gasteiger charge is 2.15. The van der Waals surface area contributed by atoms with Crippen molar-refractivity contribution in [1.82, 2.24) is 0 Å². The molecule has 0 aromatic heterocycles. The molecule has 1 aromatic carbocycles. The fraction of sp³-hybridized carbons (Fsp3) is 0.312. The number of fused-ring (bicyclic) bond motifs is 1. The summed E-state index contributed by atoms with van der Waals surface area (Å²) in [5.41, 5.74) is 0.767. The van der Waals surface area contributed by atoms with Crippen LogP contribution in [0, 0.1) is 11.8 Å². The average Bonchev–Trinajstić information content (AvgIpc) is 2.91. The number of hydrogen-bond acceptors (Lipinski definition) is 4. The SMILES string of the molecule is CCCCOC(=O)/C=C/C#Cc1cc2c(cc1Br)OCO2. The van der Waals surface area contributed by atoms with Gasteiger partial charge >= 0.3 is 5.97 Å². The quantitative estimate of drug-likeness (QED) is 0.361. The first kappa shape index (κ1) is 15.5. The van der Waals surface area contributed by atoms with E-state index in [-0.39, 0.29) is 12.8 Å². The summed E-state index contributed by atoms with van der Waals surface area (Å²) in [4.78, 5) is 11.3. The van der Waals surface area contributed by atoms with Crippen LogP contribution in [0.25, 0.3) is 0 Å². The van der Waals surface area contributed by atoms with Crippen LogP contribution in [0.2, 0.25) is 0 Å². The topological polar surface area (TPSA) is 44.8 Å². The van der Waals surface area contributed by atoms with Crippen LogP contribution < -0.4 is 9.47 Å². The van der Waals surface area contributed by atoms with Crippen molar-refractivity contribution >= 4 is 21.9 Å². The van der Waals surface area contributed by atoms with Gasteiger partial charge in [-0.1, -0.05) is 25.2 Å². The number of esters is 1. The van der Waals surface area contributed by atoms with Gasteiger partial charge < -0.3 is 14.2 Å². The Labute approximate surface area is 132 Å². The molecular formula is C16H15BrO4. The summed E-state index contributed by atoms with van der Waals surface area (Å²) in [6, 6.07) is 3.61. The van der Waals surface area contributed by atoms with Crippen molar-refractivity contribution in [3.63, 3.8) is 0 Å². The van der Waals surface area contributed by atoms with Crippen molar-refractivity contribution in [2.75, 3.05) is 13.4 Å². The molecule has 0 fully saturated rings. The van der Waals surface area contributed by atoms with Crippen molar-refractivity contribution in [1.29, 1.82) is 0 Å². The van der Waals surface area contributed by atoms with Crippen LogP contribution in [0.15, 0.2) is 28.8 Å². The van der Waals surface area contributed by atoms with Gasteiger partial charge in [-0.25, -0.2) is 4.79 Å². The van der Waals surface area contributed by atoms with E-state index in [1.807, 2.05) is 13.0 Å². The largest absolute Gasteiger partial charge is 0.463 e. The lowest BCUT2D eigenvalue weighted by atomic mass is 10.2. The third-order valence-electron chi connectivity index (χ3n) is 2.71. The predicted molar refractivity (Wildman–Crippen MR) is 82.2 cm³/mol. The summed E-state index contributed by atoms with van der Waals surface area (Å²) in [6.07, 6.45) is 4.67. The molecule has 0 atom stereocenters. The number of hydrogen-bond donors (Lipinski definition) is 0. The lowest BCUT2D eigenvalue weighted by Crippen LogP contribution is -2.01. The van der Waals surface area contributed by atoms with E-state index >= 15 is 0 Å². The van der Waals surface area contributed by atoms with Gasteiger partial charge in [0, 0.05) is 22.2 Å². The van der Waals surface area contributed by atoms with Gasteiger partial charge in [0.2, 0.25) is 6.79 Å². The molecule has 0 radical (unpaired) electrons. The van der Waals surface area contributed by atoms with E-state index in [2.05, 4.69) is 27.8 Å². The van der Waals surface area contributed by atoms with Crippen LogP contribution >= 0.6 is 15.9 Å². The first-order chi connectivity index (χ1) is 10.2. The first-order valence-corrected chi connectivity index (χ1v) is 7.44. The monoisotopic (exact) mass is 350 g/mol. The molecule has 0 aliphatic carbocycles. The van der Waals surface area contributed by atoms with E-state index in [0.717, 1.165) is 22.9 Å². The number of rotatable bonds is 4. The normalized spacial score (nSPS) is 12.1. The molecule has 0 N–H and O–H groups in total. The fourth-order valence-electron chi connectivity index (χ4n) is 1.61. The van der Waals surface area contributed by atoms with Crippen LogP contribution in [-0.2, 0) is 9.53 Å². The van der Waals surface area contributed by atoms with Crippen molar-refractivity contribution < 1.29 is 19.0 Å². The number of carbonyl (C=O) groups excluding carboxylic acids is 1. The number of unbranched alkanes of at least 4 members (excludes halogenated alkanes) is 1. The average molecular weight is 351 g/mol. The Balaban J connectivity index is 1.95. The highest BCUT2D eigenvalue weighted by atomic mass is 79.9. The van der Waals surface area contributed by atoms with Crippen LogP contribution in [0.5, 0.6) is 11.5 Å². The lowest BCUT2D eigenvalue weighted by molar-refractivity contribution is -0.137. The molecule has 1 aliphatic rings. The summed E-state index contributed by atoms with van der Waals surface area (Å²) < 4.78 is 16.4. The Bertz CT molecular complexity index is 611. The summed E-state index contributed by atoms with van der Waals surface area (Å²) in [7, 11) is 0. The van der Waals surface area contributed by atoms with Crippen molar-refractivity contribution in [2.24, 2.45) is 0 Å². The van der Waals surface area contributed by atoms with E-state index in [4.69, 9.17) is 14.2 Å². The molecular weight excluding hydrogens is 336 g/mol. The lowest BCUT2D eigenvalue weighted by Gasteiger charge is -1.99. The highest BCUT2D eigenvalue weighted by Crippen LogP contribution is 2.36. The Hall–Kier alpha value is -1.93. The maximum Gasteiger partial charge on any atom is 0.331 e. The minimum Gasteiger partial charge on any atom is -0.463 e. The van der Waals surface area contributed by atoms with Gasteiger partial charge in [-0.2, -0.15) is 0 Å². The zero-order chi connectivity index (χ0) is 15.1. The standard InChI is InChI=1S/C16H15BrO4/c1-2-3-8-19-16(18)7-5-4-6-12-9-14-15(10-13(12)17)21-11-20-14/h5,7,9-10H,2-3,8,11H2,1H3/b7-5+. The van der Waals surface area contributed by atoms with Crippen molar-refractivity contribution in [3.8, 4) is 23.3 Å². The maximum atomic E-state index is 11.3. The van der Waals surface area contributed by atoms with Crippen LogP contribution in [0.4, 0.5) is 0 Å². The van der Waals surface area contributed by atoms with E-state index < -0.39 is 0 Å². The summed E-state index contributed by atoms with van der Waals surface area (Å²) >= 11 is 3.42. The van der Waals surface area contributed by atoms with Gasteiger partial charge in [0.1, 0.15) is 0 Å². The Morgan fingerprint density at radius 2 is 2.19 bits per heavy atom. The second-order valence-corrected chi connectivity index (χ2v) is 5.16. The van der Waals surface area contributed by atoms with E-state index in [0.29, 0.717) is 18.1 Å². The summed E-state index contributed by atoms with van der Waals surface area (Å²) in [5.74, 6) is 6.73. The Morgan fingerprint density at radius 1 is 1.43 bits per heavy atom. The molecule has 0 bridgehead atoms. The third kappa shape index (κ3) is 4.54. The van der Waals surface area contributed by atoms with Crippen molar-refractivity contribution in [3.05, 3.63) is 34.3 Å². The smallest absolute Gasteiger partial charge is 0.331 e. The van der Waals surface area contributed by atoms with Gasteiger partial charge in [-0.05, 0) is 34.5 Å². The minimum absolute atomic E-state index is 0.224. The van der Waals surface area contributed by atoms with Gasteiger partial charge in [0.25, 0.3) is 0 Å². The summed E-state index contributed by atoms with van der Waals surface area (Å²) in [5, 5.41) is 0. The molecule has 0 spiro atoms. The number of benzene rings is 1. The molecule has 1 aromatic rings. The maximum absolute atomic E-state index is 11.3. The summed E-state index contributed by atoms with van der Waals surface area (Å²) in [6.45, 7) is 2.71. The predicted octanol–water partition coefficient (Wildman–Crippen LogP) is 3.43. The second-order valence-electron chi connectivity index (χ2n) is 4.31. The van der Waals surface area contributed by atoms with Gasteiger partial charge in [0.05, 0.1) is 6.61 Å². The van der Waals surface area contributed by atoms with Crippen LogP contribution in [-0.4, -0.2) is 19.4 Å². The molecule has 110 valence electrons. The highest BCUT2D eigenvalue weighted by molar-refractivity contribution is 9.10. The Kier molecular flexibility index (Phi) is 5.70. The number of allylic oxidation sites excluding steroid dienone is 1. The molecule has 2 rings (SSSR count). The zero-order valence-corrected chi connectivity index (χ0v) is 13.2. The minimum atomic E-state index is -0.373. The number of carbonyl (C=O) groups is 1. The molecule has 0 saturated carbocycles. The molecule has 1 heterocycles. The molecule has 5 heteroatoms. The van der Waals surface area contributed by atoms with Gasteiger partial charge in [-0.3, -0.25) is 0 Å². The van der Waals surface area contributed by atoms with Crippen molar-refractivity contribution in [2.45, 2.75) is 19.8 Å². The molecule has 0 amide bonds.